The molecule has 0 radical (unpaired) electrons. The summed E-state index contributed by atoms with van der Waals surface area (Å²) in [5.74, 6) is 0.857. The first-order valence-electron chi connectivity index (χ1n) is 8.13. The largest absolute Gasteiger partial charge is 0.496 e. The van der Waals surface area contributed by atoms with Crippen LogP contribution in [-0.4, -0.2) is 7.11 Å². The summed E-state index contributed by atoms with van der Waals surface area (Å²) in [4.78, 5) is 0. The van der Waals surface area contributed by atoms with Crippen molar-refractivity contribution < 1.29 is 4.74 Å². The Labute approximate surface area is 140 Å². The molecular formula is C21H29NO. The van der Waals surface area contributed by atoms with Gasteiger partial charge in [-0.05, 0) is 46.2 Å². The monoisotopic (exact) mass is 311 g/mol. The third-order valence-corrected chi connectivity index (χ3v) is 4.27. The molecule has 0 aromatic heterocycles. The molecule has 0 heterocycles. The van der Waals surface area contributed by atoms with E-state index in [0.29, 0.717) is 0 Å². The molecule has 2 aromatic rings. The lowest BCUT2D eigenvalue weighted by Gasteiger charge is -2.23. The van der Waals surface area contributed by atoms with Crippen LogP contribution in [0.15, 0.2) is 36.4 Å². The Hall–Kier alpha value is -1.96. The van der Waals surface area contributed by atoms with Crippen LogP contribution in [0, 0.1) is 0 Å². The van der Waals surface area contributed by atoms with E-state index >= 15 is 0 Å². The quantitative estimate of drug-likeness (QED) is 0.739. The van der Waals surface area contributed by atoms with E-state index in [1.54, 1.807) is 7.11 Å². The number of nitrogens with two attached hydrogens (primary N) is 1. The molecule has 2 aromatic carbocycles. The number of benzene rings is 2. The zero-order valence-electron chi connectivity index (χ0n) is 15.4. The number of nitrogen functional groups attached to an aromatic ring is 1. The van der Waals surface area contributed by atoms with E-state index in [1.165, 1.54) is 11.1 Å². The maximum atomic E-state index is 6.29. The number of hydrogen-bond donors (Lipinski definition) is 1. The number of hydrogen-bond acceptors (Lipinski definition) is 2. The lowest BCUT2D eigenvalue weighted by molar-refractivity contribution is 0.416. The van der Waals surface area contributed by atoms with Crippen molar-refractivity contribution in [3.05, 3.63) is 47.5 Å². The van der Waals surface area contributed by atoms with Gasteiger partial charge < -0.3 is 10.5 Å². The third kappa shape index (κ3) is 3.69. The second kappa shape index (κ2) is 5.92. The fourth-order valence-electron chi connectivity index (χ4n) is 2.64. The van der Waals surface area contributed by atoms with Crippen molar-refractivity contribution in [1.82, 2.24) is 0 Å². The Bertz CT molecular complexity index is 703. The number of ether oxygens (including phenoxy) is 1. The highest BCUT2D eigenvalue weighted by Crippen LogP contribution is 2.39. The van der Waals surface area contributed by atoms with Gasteiger partial charge in [-0.3, -0.25) is 0 Å². The fourth-order valence-corrected chi connectivity index (χ4v) is 2.64. The summed E-state index contributed by atoms with van der Waals surface area (Å²) in [7, 11) is 1.71. The predicted octanol–water partition coefficient (Wildman–Crippen LogP) is 5.54. The van der Waals surface area contributed by atoms with Crippen LogP contribution in [0.25, 0.3) is 11.1 Å². The Morgan fingerprint density at radius 1 is 0.739 bits per heavy atom. The van der Waals surface area contributed by atoms with Gasteiger partial charge in [0.2, 0.25) is 0 Å². The van der Waals surface area contributed by atoms with E-state index in [1.807, 2.05) is 12.1 Å². The zero-order valence-corrected chi connectivity index (χ0v) is 15.4. The highest BCUT2D eigenvalue weighted by Gasteiger charge is 2.20. The molecule has 2 N–H and O–H groups in total. The minimum atomic E-state index is 0.0807. The second-order valence-electron chi connectivity index (χ2n) is 8.22. The Morgan fingerprint density at radius 3 is 1.70 bits per heavy atom. The zero-order chi connectivity index (χ0) is 17.4. The van der Waals surface area contributed by atoms with Crippen LogP contribution in [0.5, 0.6) is 5.75 Å². The van der Waals surface area contributed by atoms with Crippen LogP contribution in [0.2, 0.25) is 0 Å². The number of anilines is 1. The summed E-state index contributed by atoms with van der Waals surface area (Å²) in [6.45, 7) is 13.3. The minimum absolute atomic E-state index is 0.0807. The first-order valence-corrected chi connectivity index (χ1v) is 8.13. The molecule has 0 unspecified atom stereocenters. The second-order valence-corrected chi connectivity index (χ2v) is 8.22. The minimum Gasteiger partial charge on any atom is -0.496 e. The van der Waals surface area contributed by atoms with Gasteiger partial charge >= 0.3 is 0 Å². The van der Waals surface area contributed by atoms with E-state index in [-0.39, 0.29) is 10.8 Å². The van der Waals surface area contributed by atoms with Crippen molar-refractivity contribution in [1.29, 1.82) is 0 Å². The van der Waals surface area contributed by atoms with Gasteiger partial charge in [0.15, 0.2) is 0 Å². The summed E-state index contributed by atoms with van der Waals surface area (Å²) in [5, 5.41) is 0. The smallest absolute Gasteiger partial charge is 0.126 e. The SMILES string of the molecule is COc1ccc(C(C)(C)C)cc1-c1cc(C(C)(C)C)ccc1N. The van der Waals surface area contributed by atoms with Crippen LogP contribution in [0.4, 0.5) is 5.69 Å². The van der Waals surface area contributed by atoms with E-state index in [0.717, 1.165) is 22.6 Å². The van der Waals surface area contributed by atoms with Crippen molar-refractivity contribution in [3.8, 4) is 16.9 Å². The number of methoxy groups -OCH3 is 1. The molecule has 0 bridgehead atoms. The molecule has 0 aliphatic heterocycles. The average Bonchev–Trinajstić information content (AvgIpc) is 2.45. The van der Waals surface area contributed by atoms with Gasteiger partial charge in [-0.2, -0.15) is 0 Å². The van der Waals surface area contributed by atoms with Crippen molar-refractivity contribution in [2.45, 2.75) is 52.4 Å². The van der Waals surface area contributed by atoms with Crippen molar-refractivity contribution in [2.75, 3.05) is 12.8 Å². The molecule has 0 fully saturated rings. The van der Waals surface area contributed by atoms with Crippen molar-refractivity contribution >= 4 is 5.69 Å². The molecule has 0 aliphatic rings. The standard InChI is InChI=1S/C21H29NO/c1-20(2,3)14-8-10-18(22)16(12-14)17-13-15(21(4,5)6)9-11-19(17)23-7/h8-13H,22H2,1-7H3. The average molecular weight is 311 g/mol. The Balaban J connectivity index is 2.70. The molecule has 0 atom stereocenters. The van der Waals surface area contributed by atoms with Crippen LogP contribution in [0.1, 0.15) is 52.7 Å². The molecule has 0 amide bonds. The van der Waals surface area contributed by atoms with E-state index in [2.05, 4.69) is 65.8 Å². The van der Waals surface area contributed by atoms with Crippen molar-refractivity contribution in [3.63, 3.8) is 0 Å². The van der Waals surface area contributed by atoms with Gasteiger partial charge in [0.1, 0.15) is 5.75 Å². The molecule has 2 heteroatoms. The van der Waals surface area contributed by atoms with Gasteiger partial charge in [-0.25, -0.2) is 0 Å². The normalized spacial score (nSPS) is 12.3. The van der Waals surface area contributed by atoms with E-state index in [4.69, 9.17) is 10.5 Å². The maximum absolute atomic E-state index is 6.29. The van der Waals surface area contributed by atoms with Crippen LogP contribution in [0.3, 0.4) is 0 Å². The Morgan fingerprint density at radius 2 is 1.22 bits per heavy atom. The Kier molecular flexibility index (Phi) is 4.48. The van der Waals surface area contributed by atoms with Gasteiger partial charge in [0.25, 0.3) is 0 Å². The molecule has 0 saturated heterocycles. The first-order chi connectivity index (χ1) is 10.5. The summed E-state index contributed by atoms with van der Waals surface area (Å²) in [6, 6.07) is 12.7. The van der Waals surface area contributed by atoms with E-state index in [9.17, 15) is 0 Å². The predicted molar refractivity (Wildman–Crippen MR) is 100 cm³/mol. The lowest BCUT2D eigenvalue weighted by atomic mass is 9.83. The van der Waals surface area contributed by atoms with Gasteiger partial charge in [0, 0.05) is 16.8 Å². The van der Waals surface area contributed by atoms with Crippen LogP contribution in [-0.2, 0) is 10.8 Å². The summed E-state index contributed by atoms with van der Waals surface area (Å²) in [5.41, 5.74) is 11.9. The molecule has 0 saturated carbocycles. The topological polar surface area (TPSA) is 35.2 Å². The highest BCUT2D eigenvalue weighted by atomic mass is 16.5. The molecular weight excluding hydrogens is 282 g/mol. The molecule has 0 aliphatic carbocycles. The van der Waals surface area contributed by atoms with Crippen molar-refractivity contribution in [2.24, 2.45) is 0 Å². The molecule has 2 rings (SSSR count). The molecule has 0 spiro atoms. The van der Waals surface area contributed by atoms with Gasteiger partial charge in [-0.1, -0.05) is 53.7 Å². The van der Waals surface area contributed by atoms with Gasteiger partial charge in [-0.15, -0.1) is 0 Å². The van der Waals surface area contributed by atoms with Gasteiger partial charge in [0.05, 0.1) is 7.11 Å². The molecule has 23 heavy (non-hydrogen) atoms. The maximum Gasteiger partial charge on any atom is 0.126 e. The third-order valence-electron chi connectivity index (χ3n) is 4.27. The first kappa shape index (κ1) is 17.4. The summed E-state index contributed by atoms with van der Waals surface area (Å²) >= 11 is 0. The highest BCUT2D eigenvalue weighted by molar-refractivity contribution is 5.81. The lowest BCUT2D eigenvalue weighted by Crippen LogP contribution is -2.12. The van der Waals surface area contributed by atoms with Crippen LogP contribution >= 0.6 is 0 Å². The summed E-state index contributed by atoms with van der Waals surface area (Å²) < 4.78 is 5.59. The fraction of sp³-hybridized carbons (Fsp3) is 0.429. The summed E-state index contributed by atoms with van der Waals surface area (Å²) in [6.07, 6.45) is 0. The molecule has 2 nitrogen and oxygen atoms in total. The molecule has 124 valence electrons. The van der Waals surface area contributed by atoms with Crippen LogP contribution < -0.4 is 10.5 Å². The number of rotatable bonds is 2. The van der Waals surface area contributed by atoms with E-state index < -0.39 is 0 Å².